The van der Waals surface area contributed by atoms with Crippen molar-refractivity contribution in [1.82, 2.24) is 0 Å². The molecule has 0 amide bonds. The van der Waals surface area contributed by atoms with E-state index in [-0.39, 0.29) is 0 Å². The monoisotopic (exact) mass is 221 g/mol. The van der Waals surface area contributed by atoms with E-state index in [4.69, 9.17) is 16.9 Å². The van der Waals surface area contributed by atoms with Gasteiger partial charge in [0, 0.05) is 10.9 Å². The average molecular weight is 222 g/mol. The third-order valence-corrected chi connectivity index (χ3v) is 3.20. The van der Waals surface area contributed by atoms with E-state index in [0.717, 1.165) is 10.1 Å². The van der Waals surface area contributed by atoms with Crippen molar-refractivity contribution in [3.63, 3.8) is 0 Å². The molecule has 1 heterocycles. The van der Waals surface area contributed by atoms with Gasteiger partial charge in [-0.25, -0.2) is 0 Å². The Balaban J connectivity index is 2.97. The lowest BCUT2D eigenvalue weighted by Crippen LogP contribution is -1.87. The zero-order chi connectivity index (χ0) is 10.1. The molecule has 0 saturated heterocycles. The van der Waals surface area contributed by atoms with Crippen LogP contribution in [-0.4, -0.2) is 6.29 Å². The molecule has 0 radical (unpaired) electrons. The number of nitrogens with zero attached hydrogens (tertiary/aromatic N) is 1. The van der Waals surface area contributed by atoms with E-state index in [2.05, 4.69) is 0 Å². The highest BCUT2D eigenvalue weighted by molar-refractivity contribution is 7.17. The second-order valence-electron chi connectivity index (χ2n) is 2.72. The molecule has 4 heteroatoms. The standard InChI is InChI=1S/C10H4ClNOS/c11-9-3-6(5-13)8(4-12)10-7(9)1-2-14-10/h1-3,5H. The number of fused-ring (bicyclic) bond motifs is 1. The second kappa shape index (κ2) is 3.41. The Kier molecular flexibility index (Phi) is 2.24. The van der Waals surface area contributed by atoms with Crippen LogP contribution in [0.1, 0.15) is 15.9 Å². The summed E-state index contributed by atoms with van der Waals surface area (Å²) >= 11 is 7.37. The molecule has 0 aliphatic heterocycles. The van der Waals surface area contributed by atoms with E-state index < -0.39 is 0 Å². The minimum absolute atomic E-state index is 0.354. The molecule has 0 N–H and O–H groups in total. The van der Waals surface area contributed by atoms with Crippen molar-refractivity contribution in [2.75, 3.05) is 0 Å². The number of benzene rings is 1. The maximum absolute atomic E-state index is 10.7. The molecule has 0 fully saturated rings. The van der Waals surface area contributed by atoms with Crippen LogP contribution in [0.3, 0.4) is 0 Å². The quantitative estimate of drug-likeness (QED) is 0.694. The maximum Gasteiger partial charge on any atom is 0.151 e. The predicted molar refractivity (Wildman–Crippen MR) is 56.9 cm³/mol. The summed E-state index contributed by atoms with van der Waals surface area (Å²) < 4.78 is 0.780. The van der Waals surface area contributed by atoms with Gasteiger partial charge in [-0.1, -0.05) is 11.6 Å². The van der Waals surface area contributed by atoms with Gasteiger partial charge in [0.05, 0.1) is 15.3 Å². The van der Waals surface area contributed by atoms with Gasteiger partial charge >= 0.3 is 0 Å². The Hall–Kier alpha value is -1.37. The van der Waals surface area contributed by atoms with Crippen molar-refractivity contribution < 1.29 is 4.79 Å². The van der Waals surface area contributed by atoms with Gasteiger partial charge in [0.1, 0.15) is 6.07 Å². The lowest BCUT2D eigenvalue weighted by Gasteiger charge is -1.99. The Bertz CT molecular complexity index is 553. The molecule has 0 aliphatic carbocycles. The van der Waals surface area contributed by atoms with Gasteiger partial charge in [-0.05, 0) is 17.5 Å². The topological polar surface area (TPSA) is 40.9 Å². The van der Waals surface area contributed by atoms with Crippen LogP contribution in [0, 0.1) is 11.3 Å². The van der Waals surface area contributed by atoms with Gasteiger partial charge in [-0.3, -0.25) is 4.79 Å². The molecule has 0 spiro atoms. The van der Waals surface area contributed by atoms with Gasteiger partial charge in [0.25, 0.3) is 0 Å². The number of thiophene rings is 1. The molecule has 1 aromatic carbocycles. The van der Waals surface area contributed by atoms with Crippen LogP contribution in [-0.2, 0) is 0 Å². The van der Waals surface area contributed by atoms with E-state index >= 15 is 0 Å². The summed E-state index contributed by atoms with van der Waals surface area (Å²) in [5, 5.41) is 12.1. The largest absolute Gasteiger partial charge is 0.298 e. The lowest BCUT2D eigenvalue weighted by atomic mass is 10.1. The van der Waals surface area contributed by atoms with Gasteiger partial charge < -0.3 is 0 Å². The first kappa shape index (κ1) is 9.20. The molecule has 0 aliphatic rings. The maximum atomic E-state index is 10.7. The fourth-order valence-electron chi connectivity index (χ4n) is 1.32. The average Bonchev–Trinajstić information content (AvgIpc) is 2.66. The van der Waals surface area contributed by atoms with Crippen molar-refractivity contribution in [3.8, 4) is 6.07 Å². The third kappa shape index (κ3) is 1.20. The highest BCUT2D eigenvalue weighted by Crippen LogP contribution is 2.32. The number of halogens is 1. The Morgan fingerprint density at radius 3 is 3.00 bits per heavy atom. The van der Waals surface area contributed by atoms with E-state index in [1.807, 2.05) is 17.5 Å². The number of aldehydes is 1. The number of nitriles is 1. The SMILES string of the molecule is N#Cc1c(C=O)cc(Cl)c2ccsc12. The predicted octanol–water partition coefficient (Wildman–Crippen LogP) is 3.24. The number of hydrogen-bond donors (Lipinski definition) is 0. The van der Waals surface area contributed by atoms with Gasteiger partial charge in [-0.15, -0.1) is 11.3 Å². The van der Waals surface area contributed by atoms with Crippen molar-refractivity contribution in [1.29, 1.82) is 5.26 Å². The number of rotatable bonds is 1. The second-order valence-corrected chi connectivity index (χ2v) is 4.04. The molecule has 0 unspecified atom stereocenters. The number of carbonyl (C=O) groups excluding carboxylic acids is 1. The van der Waals surface area contributed by atoms with Crippen LogP contribution in [0.15, 0.2) is 17.5 Å². The summed E-state index contributed by atoms with van der Waals surface area (Å²) in [4.78, 5) is 10.7. The summed E-state index contributed by atoms with van der Waals surface area (Å²) in [6, 6.07) is 5.40. The fraction of sp³-hybridized carbons (Fsp3) is 0. The first-order valence-electron chi connectivity index (χ1n) is 3.83. The van der Waals surface area contributed by atoms with Crippen molar-refractivity contribution in [2.45, 2.75) is 0 Å². The van der Waals surface area contributed by atoms with Gasteiger partial charge in [0.2, 0.25) is 0 Å². The summed E-state index contributed by atoms with van der Waals surface area (Å²) in [7, 11) is 0. The third-order valence-electron chi connectivity index (χ3n) is 1.96. The van der Waals surface area contributed by atoms with Crippen LogP contribution in [0.2, 0.25) is 5.02 Å². The molecule has 0 atom stereocenters. The fourth-order valence-corrected chi connectivity index (χ4v) is 2.57. The van der Waals surface area contributed by atoms with E-state index in [1.165, 1.54) is 17.4 Å². The van der Waals surface area contributed by atoms with Crippen molar-refractivity contribution in [3.05, 3.63) is 33.7 Å². The highest BCUT2D eigenvalue weighted by Gasteiger charge is 2.11. The first-order valence-corrected chi connectivity index (χ1v) is 5.08. The highest BCUT2D eigenvalue weighted by atomic mass is 35.5. The van der Waals surface area contributed by atoms with Gasteiger partial charge in [-0.2, -0.15) is 5.26 Å². The minimum atomic E-state index is 0.354. The van der Waals surface area contributed by atoms with Crippen LogP contribution in [0.5, 0.6) is 0 Å². The van der Waals surface area contributed by atoms with Crippen LogP contribution in [0.4, 0.5) is 0 Å². The van der Waals surface area contributed by atoms with Crippen LogP contribution in [0.25, 0.3) is 10.1 Å². The molecule has 0 bridgehead atoms. The first-order chi connectivity index (χ1) is 6.77. The number of carbonyl (C=O) groups is 1. The lowest BCUT2D eigenvalue weighted by molar-refractivity contribution is 0.112. The zero-order valence-corrected chi connectivity index (χ0v) is 8.52. The van der Waals surface area contributed by atoms with Crippen molar-refractivity contribution >= 4 is 39.3 Å². The molecule has 14 heavy (non-hydrogen) atoms. The normalized spacial score (nSPS) is 10.0. The molecule has 2 rings (SSSR count). The van der Waals surface area contributed by atoms with E-state index in [1.54, 1.807) is 0 Å². The Labute approximate surface area is 89.3 Å². The van der Waals surface area contributed by atoms with Gasteiger partial charge in [0.15, 0.2) is 6.29 Å². The molecular formula is C10H4ClNOS. The van der Waals surface area contributed by atoms with Crippen LogP contribution < -0.4 is 0 Å². The summed E-state index contributed by atoms with van der Waals surface area (Å²) in [6.07, 6.45) is 0.656. The molecule has 1 aromatic heterocycles. The molecule has 2 aromatic rings. The smallest absolute Gasteiger partial charge is 0.151 e. The number of hydrogen-bond acceptors (Lipinski definition) is 3. The molecule has 0 saturated carbocycles. The van der Waals surface area contributed by atoms with E-state index in [9.17, 15) is 4.79 Å². The Morgan fingerprint density at radius 1 is 1.57 bits per heavy atom. The Morgan fingerprint density at radius 2 is 2.36 bits per heavy atom. The minimum Gasteiger partial charge on any atom is -0.298 e. The van der Waals surface area contributed by atoms with E-state index in [0.29, 0.717) is 22.4 Å². The van der Waals surface area contributed by atoms with Crippen LogP contribution >= 0.6 is 22.9 Å². The molecular weight excluding hydrogens is 218 g/mol. The summed E-state index contributed by atoms with van der Waals surface area (Å²) in [6.45, 7) is 0. The molecule has 2 nitrogen and oxygen atoms in total. The van der Waals surface area contributed by atoms with Crippen molar-refractivity contribution in [2.24, 2.45) is 0 Å². The zero-order valence-electron chi connectivity index (χ0n) is 6.95. The molecule has 68 valence electrons. The summed E-state index contributed by atoms with van der Waals surface area (Å²) in [5.74, 6) is 0. The summed E-state index contributed by atoms with van der Waals surface area (Å²) in [5.41, 5.74) is 0.766.